The van der Waals surface area contributed by atoms with Crippen LogP contribution in [-0.2, 0) is 10.1 Å². The molecule has 2 atom stereocenters. The van der Waals surface area contributed by atoms with E-state index < -0.39 is 10.1 Å². The zero-order chi connectivity index (χ0) is 25.1. The number of aromatic nitrogens is 4. The summed E-state index contributed by atoms with van der Waals surface area (Å²) in [6.45, 7) is 3.00. The van der Waals surface area contributed by atoms with E-state index in [1.54, 1.807) is 41.5 Å². The number of carbonyl (C=O) groups excluding carboxylic acids is 1. The molecule has 2 unspecified atom stereocenters. The number of anilines is 1. The molecule has 0 bridgehead atoms. The fourth-order valence-corrected chi connectivity index (χ4v) is 5.25. The van der Waals surface area contributed by atoms with Crippen LogP contribution in [-0.4, -0.2) is 52.6 Å². The smallest absolute Gasteiger partial charge is 0.339 e. The van der Waals surface area contributed by atoms with E-state index in [-0.39, 0.29) is 34.7 Å². The monoisotopic (exact) mass is 509 g/mol. The minimum absolute atomic E-state index is 0.0229. The van der Waals surface area contributed by atoms with E-state index in [9.17, 15) is 13.2 Å². The molecule has 4 N–H and O–H groups in total. The predicted octanol–water partition coefficient (Wildman–Crippen LogP) is 3.17. The molecule has 11 nitrogen and oxygen atoms in total. The van der Waals surface area contributed by atoms with E-state index in [1.807, 2.05) is 6.92 Å². The van der Waals surface area contributed by atoms with Crippen LogP contribution in [0.15, 0.2) is 66.1 Å². The van der Waals surface area contributed by atoms with Crippen molar-refractivity contribution in [2.75, 3.05) is 11.9 Å². The lowest BCUT2D eigenvalue weighted by Gasteiger charge is -2.23. The van der Waals surface area contributed by atoms with Gasteiger partial charge in [0.25, 0.3) is 0 Å². The summed E-state index contributed by atoms with van der Waals surface area (Å²) in [5.41, 5.74) is 1.86. The molecule has 1 aliphatic rings. The number of benzene rings is 2. The maximum absolute atomic E-state index is 12.8. The molecule has 1 saturated heterocycles. The Kier molecular flexibility index (Phi) is 6.61. The number of carbonyl (C=O) groups is 1. The fraction of sp³-hybridized carbons (Fsp3) is 0.292. The van der Waals surface area contributed by atoms with Gasteiger partial charge in [0.2, 0.25) is 5.95 Å². The van der Waals surface area contributed by atoms with Gasteiger partial charge >= 0.3 is 16.1 Å². The number of hydrogen-bond acceptors (Lipinski definition) is 7. The first kappa shape index (κ1) is 23.8. The maximum Gasteiger partial charge on any atom is 0.339 e. The topological polar surface area (TPSA) is 143 Å². The van der Waals surface area contributed by atoms with Gasteiger partial charge in [0.05, 0.1) is 17.4 Å². The molecule has 0 saturated carbocycles. The number of urea groups is 1. The molecule has 2 aromatic carbocycles. The van der Waals surface area contributed by atoms with Crippen molar-refractivity contribution >= 4 is 33.1 Å². The van der Waals surface area contributed by atoms with Gasteiger partial charge in [-0.25, -0.2) is 14.8 Å². The molecule has 4 aromatic rings. The first-order valence-electron chi connectivity index (χ1n) is 11.7. The molecule has 2 amide bonds. The summed E-state index contributed by atoms with van der Waals surface area (Å²) in [5, 5.41) is 9.12. The molecule has 2 aromatic heterocycles. The Balaban J connectivity index is 1.26. The quantitative estimate of drug-likeness (QED) is 0.267. The average molecular weight is 510 g/mol. The Hall–Kier alpha value is -3.90. The van der Waals surface area contributed by atoms with E-state index in [0.717, 1.165) is 31.5 Å². The Morgan fingerprint density at radius 3 is 2.78 bits per heavy atom. The van der Waals surface area contributed by atoms with Crippen molar-refractivity contribution in [2.45, 2.75) is 43.2 Å². The zero-order valence-corrected chi connectivity index (χ0v) is 20.5. The van der Waals surface area contributed by atoms with E-state index in [4.69, 9.17) is 4.18 Å². The Labute approximate surface area is 208 Å². The van der Waals surface area contributed by atoms with Gasteiger partial charge in [-0.2, -0.15) is 8.42 Å². The molecule has 5 rings (SSSR count). The number of amides is 2. The van der Waals surface area contributed by atoms with E-state index >= 15 is 0 Å². The summed E-state index contributed by atoms with van der Waals surface area (Å²) < 4.78 is 32.7. The third-order valence-electron chi connectivity index (χ3n) is 6.16. The van der Waals surface area contributed by atoms with Crippen molar-refractivity contribution in [1.29, 1.82) is 0 Å². The molecule has 12 heteroatoms. The Morgan fingerprint density at radius 2 is 2.08 bits per heavy atom. The predicted molar refractivity (Wildman–Crippen MR) is 135 cm³/mol. The molecule has 0 aliphatic carbocycles. The van der Waals surface area contributed by atoms with Gasteiger partial charge in [0, 0.05) is 36.2 Å². The van der Waals surface area contributed by atoms with E-state index in [1.165, 1.54) is 24.3 Å². The van der Waals surface area contributed by atoms with Crippen LogP contribution in [0.25, 0.3) is 16.7 Å². The van der Waals surface area contributed by atoms with Crippen molar-refractivity contribution in [3.8, 4) is 11.4 Å². The molecule has 0 spiro atoms. The largest absolute Gasteiger partial charge is 0.379 e. The van der Waals surface area contributed by atoms with Crippen LogP contribution >= 0.6 is 0 Å². The minimum Gasteiger partial charge on any atom is -0.379 e. The number of nitrogens with one attached hydrogen (secondary N) is 4. The highest BCUT2D eigenvalue weighted by Crippen LogP contribution is 2.24. The molecular formula is C24H27N7O4S. The first-order chi connectivity index (χ1) is 17.4. The van der Waals surface area contributed by atoms with Crippen LogP contribution in [0, 0.1) is 0 Å². The Morgan fingerprint density at radius 1 is 1.25 bits per heavy atom. The normalized spacial score (nSPS) is 16.6. The summed E-state index contributed by atoms with van der Waals surface area (Å²) in [7, 11) is -4.05. The molecule has 1 fully saturated rings. The van der Waals surface area contributed by atoms with Crippen LogP contribution in [0.5, 0.6) is 5.75 Å². The highest BCUT2D eigenvalue weighted by molar-refractivity contribution is 7.87. The maximum atomic E-state index is 12.8. The van der Waals surface area contributed by atoms with Gasteiger partial charge in [-0.15, -0.1) is 0 Å². The highest BCUT2D eigenvalue weighted by Gasteiger charge is 2.25. The molecule has 1 aliphatic heterocycles. The number of nitrogens with zero attached hydrogens (tertiary/aromatic N) is 3. The molecule has 188 valence electrons. The standard InChI is InChI=1S/C24H27N7O4S/c1-2-19(20-4-3-11-26-20)29-24(32)30-23-27-21-10-7-17(14-22(21)28-23)35-36(33,34)18-8-5-16(6-9-18)31-13-12-25-15-31/h5-10,12-15,19-20,26H,2-4,11H2,1H3,(H3,27,28,29,30,32). The third-order valence-corrected chi connectivity index (χ3v) is 7.42. The average Bonchev–Trinajstić information content (AvgIpc) is 3.64. The summed E-state index contributed by atoms with van der Waals surface area (Å²) in [5.74, 6) is 0.369. The molecule has 36 heavy (non-hydrogen) atoms. The lowest BCUT2D eigenvalue weighted by atomic mass is 10.0. The van der Waals surface area contributed by atoms with Crippen molar-refractivity contribution in [2.24, 2.45) is 0 Å². The van der Waals surface area contributed by atoms with Gasteiger partial charge in [-0.3, -0.25) is 5.32 Å². The fourth-order valence-electron chi connectivity index (χ4n) is 4.32. The number of hydrogen-bond donors (Lipinski definition) is 4. The lowest BCUT2D eigenvalue weighted by molar-refractivity contribution is 0.244. The van der Waals surface area contributed by atoms with Gasteiger partial charge < -0.3 is 24.4 Å². The van der Waals surface area contributed by atoms with E-state index in [2.05, 4.69) is 30.9 Å². The van der Waals surface area contributed by atoms with Crippen molar-refractivity contribution in [3.63, 3.8) is 0 Å². The second-order valence-electron chi connectivity index (χ2n) is 8.58. The molecule has 3 heterocycles. The number of aromatic amines is 1. The second-order valence-corrected chi connectivity index (χ2v) is 10.1. The number of fused-ring (bicyclic) bond motifs is 1. The summed E-state index contributed by atoms with van der Waals surface area (Å²) in [6, 6.07) is 10.9. The second kappa shape index (κ2) is 9.99. The van der Waals surface area contributed by atoms with Crippen molar-refractivity contribution < 1.29 is 17.4 Å². The molecule has 0 radical (unpaired) electrons. The first-order valence-corrected chi connectivity index (χ1v) is 13.2. The third kappa shape index (κ3) is 5.19. The summed E-state index contributed by atoms with van der Waals surface area (Å²) >= 11 is 0. The van der Waals surface area contributed by atoms with Crippen LogP contribution in [0.3, 0.4) is 0 Å². The van der Waals surface area contributed by atoms with Crippen molar-refractivity contribution in [1.82, 2.24) is 30.2 Å². The zero-order valence-electron chi connectivity index (χ0n) is 19.6. The van der Waals surface area contributed by atoms with Gasteiger partial charge in [0.15, 0.2) is 0 Å². The summed E-state index contributed by atoms with van der Waals surface area (Å²) in [6.07, 6.45) is 7.98. The number of rotatable bonds is 8. The molecular weight excluding hydrogens is 482 g/mol. The SMILES string of the molecule is CCC(NC(=O)Nc1nc2cc(OS(=O)(=O)c3ccc(-n4ccnc4)cc3)ccc2[nH]1)C1CCCN1. The van der Waals surface area contributed by atoms with Gasteiger partial charge in [-0.1, -0.05) is 6.92 Å². The van der Waals surface area contributed by atoms with Gasteiger partial charge in [-0.05, 0) is 62.2 Å². The van der Waals surface area contributed by atoms with Crippen LogP contribution in [0.4, 0.5) is 10.7 Å². The van der Waals surface area contributed by atoms with Gasteiger partial charge in [0.1, 0.15) is 10.6 Å². The Bertz CT molecular complexity index is 1440. The van der Waals surface area contributed by atoms with Crippen LogP contribution < -0.4 is 20.1 Å². The minimum atomic E-state index is -4.05. The van der Waals surface area contributed by atoms with Crippen LogP contribution in [0.2, 0.25) is 0 Å². The van der Waals surface area contributed by atoms with Crippen LogP contribution in [0.1, 0.15) is 26.2 Å². The number of imidazole rings is 2. The highest BCUT2D eigenvalue weighted by atomic mass is 32.2. The number of H-pyrrole nitrogens is 1. The summed E-state index contributed by atoms with van der Waals surface area (Å²) in [4.78, 5) is 23.9. The van der Waals surface area contributed by atoms with E-state index in [0.29, 0.717) is 11.0 Å². The lowest BCUT2D eigenvalue weighted by Crippen LogP contribution is -2.48. The van der Waals surface area contributed by atoms with Crippen molar-refractivity contribution in [3.05, 3.63) is 61.2 Å².